The maximum absolute atomic E-state index is 14.8. The van der Waals surface area contributed by atoms with E-state index in [0.717, 1.165) is 35.2 Å². The quantitative estimate of drug-likeness (QED) is 0.361. The Kier molecular flexibility index (Phi) is 5.35. The van der Waals surface area contributed by atoms with Crippen molar-refractivity contribution in [3.63, 3.8) is 0 Å². The summed E-state index contributed by atoms with van der Waals surface area (Å²) < 4.78 is 5.75. The van der Waals surface area contributed by atoms with Gasteiger partial charge in [0.2, 0.25) is 5.91 Å². The fraction of sp³-hybridized carbons (Fsp3) is 0.303. The highest BCUT2D eigenvalue weighted by molar-refractivity contribution is 6.21. The summed E-state index contributed by atoms with van der Waals surface area (Å²) >= 11 is 0. The van der Waals surface area contributed by atoms with E-state index in [1.807, 2.05) is 50.2 Å². The molecule has 0 aliphatic carbocycles. The van der Waals surface area contributed by atoms with Crippen LogP contribution in [0.1, 0.15) is 45.5 Å². The minimum absolute atomic E-state index is 0.157. The lowest BCUT2D eigenvalue weighted by Crippen LogP contribution is -2.62. The molecule has 7 rings (SSSR count). The number of Topliss-reactive ketones (excluding diaryl/α,β-unsaturated/α-hetero) is 1. The number of anilines is 2. The Morgan fingerprint density at radius 3 is 2.70 bits per heavy atom. The third kappa shape index (κ3) is 2.90. The standard InChI is InChI=1S/C33H31N3O4/c1-4-15-40-22-10-7-9-21(18-22)29(37)27-26-13-8-14-36(26)33(24-17-19(2)16-20(3)28(24)35-31(33)39)32(27)23-11-5-6-12-25(23)34-30(32)38/h4-7,9-12,16-18,26-27H,1,8,13-15H2,2-3H3,(H,34,38)(H,35,39)/t26-,27-,32+,33+/m0/s1. The molecule has 2 amide bonds. The Morgan fingerprint density at radius 2 is 1.88 bits per heavy atom. The number of fused-ring (bicyclic) bond motifs is 7. The molecule has 7 heteroatoms. The van der Waals surface area contributed by atoms with Gasteiger partial charge in [-0.1, -0.05) is 60.7 Å². The monoisotopic (exact) mass is 533 g/mol. The van der Waals surface area contributed by atoms with E-state index in [-0.39, 0.29) is 23.6 Å². The Hall–Kier alpha value is -4.23. The fourth-order valence-electron chi connectivity index (χ4n) is 8.11. The Morgan fingerprint density at radius 1 is 1.05 bits per heavy atom. The molecule has 3 aromatic rings. The molecule has 202 valence electrons. The number of hydrogen-bond acceptors (Lipinski definition) is 5. The minimum atomic E-state index is -1.46. The summed E-state index contributed by atoms with van der Waals surface area (Å²) in [5, 5.41) is 6.26. The summed E-state index contributed by atoms with van der Waals surface area (Å²) in [7, 11) is 0. The van der Waals surface area contributed by atoms with Crippen molar-refractivity contribution in [1.82, 2.24) is 4.90 Å². The zero-order chi connectivity index (χ0) is 27.8. The summed E-state index contributed by atoms with van der Waals surface area (Å²) in [6, 6.07) is 18.4. The summed E-state index contributed by atoms with van der Waals surface area (Å²) in [5.41, 5.74) is 2.47. The number of nitrogens with one attached hydrogen (secondary N) is 2. The summed E-state index contributed by atoms with van der Waals surface area (Å²) in [6.07, 6.45) is 3.21. The molecule has 4 heterocycles. The number of aryl methyl sites for hydroxylation is 2. The van der Waals surface area contributed by atoms with Crippen LogP contribution in [0, 0.1) is 19.8 Å². The smallest absolute Gasteiger partial charge is 0.251 e. The molecule has 7 nitrogen and oxygen atoms in total. The molecule has 40 heavy (non-hydrogen) atoms. The van der Waals surface area contributed by atoms with Crippen LogP contribution in [0.25, 0.3) is 0 Å². The fourth-order valence-corrected chi connectivity index (χ4v) is 8.11. The van der Waals surface area contributed by atoms with Crippen molar-refractivity contribution < 1.29 is 19.1 Å². The molecular weight excluding hydrogens is 502 g/mol. The third-order valence-electron chi connectivity index (χ3n) is 9.32. The maximum Gasteiger partial charge on any atom is 0.251 e. The number of nitrogens with zero attached hydrogens (tertiary/aromatic N) is 1. The van der Waals surface area contributed by atoms with Gasteiger partial charge in [-0.3, -0.25) is 19.3 Å². The highest BCUT2D eigenvalue weighted by Gasteiger charge is 2.81. The first-order valence-electron chi connectivity index (χ1n) is 13.8. The zero-order valence-electron chi connectivity index (χ0n) is 22.6. The SMILES string of the molecule is C=CCOc1cccc(C(=O)[C@@H]2[C@@H]3CCCN3[C@]3(C(=O)Nc4c(C)cc(C)cc43)[C@@]23C(=O)Nc2ccccc23)c1. The minimum Gasteiger partial charge on any atom is -0.490 e. The van der Waals surface area contributed by atoms with Crippen LogP contribution >= 0.6 is 0 Å². The number of ether oxygens (including phenoxy) is 1. The van der Waals surface area contributed by atoms with Gasteiger partial charge in [0.15, 0.2) is 5.78 Å². The molecule has 3 aromatic carbocycles. The number of para-hydroxylation sites is 1. The average molecular weight is 534 g/mol. The summed E-state index contributed by atoms with van der Waals surface area (Å²) in [4.78, 5) is 46.2. The molecule has 0 unspecified atom stereocenters. The van der Waals surface area contributed by atoms with Gasteiger partial charge < -0.3 is 15.4 Å². The Bertz CT molecular complexity index is 1630. The first kappa shape index (κ1) is 24.8. The molecule has 4 atom stereocenters. The highest BCUT2D eigenvalue weighted by atomic mass is 16.5. The van der Waals surface area contributed by atoms with Crippen LogP contribution in [0.5, 0.6) is 5.75 Å². The van der Waals surface area contributed by atoms with Gasteiger partial charge in [-0.2, -0.15) is 0 Å². The van der Waals surface area contributed by atoms with Crippen molar-refractivity contribution in [2.45, 2.75) is 43.7 Å². The molecule has 4 aliphatic rings. The normalized spacial score (nSPS) is 27.9. The summed E-state index contributed by atoms with van der Waals surface area (Å²) in [6.45, 7) is 8.63. The third-order valence-corrected chi connectivity index (χ3v) is 9.32. The van der Waals surface area contributed by atoms with Crippen LogP contribution < -0.4 is 15.4 Å². The van der Waals surface area contributed by atoms with Gasteiger partial charge in [-0.15, -0.1) is 0 Å². The first-order chi connectivity index (χ1) is 19.3. The van der Waals surface area contributed by atoms with E-state index in [0.29, 0.717) is 35.7 Å². The molecule has 2 N–H and O–H groups in total. The van der Waals surface area contributed by atoms with Gasteiger partial charge in [0.05, 0.1) is 5.92 Å². The van der Waals surface area contributed by atoms with Gasteiger partial charge in [-0.05, 0) is 62.6 Å². The number of benzene rings is 3. The van der Waals surface area contributed by atoms with E-state index in [2.05, 4.69) is 22.1 Å². The van der Waals surface area contributed by atoms with E-state index >= 15 is 0 Å². The van der Waals surface area contributed by atoms with Crippen LogP contribution in [0.15, 0.2) is 73.3 Å². The lowest BCUT2D eigenvalue weighted by molar-refractivity contribution is -0.137. The summed E-state index contributed by atoms with van der Waals surface area (Å²) in [5.74, 6) is -0.931. The van der Waals surface area contributed by atoms with Crippen LogP contribution in [0.4, 0.5) is 11.4 Å². The Labute approximate surface area is 233 Å². The van der Waals surface area contributed by atoms with E-state index < -0.39 is 16.9 Å². The van der Waals surface area contributed by atoms with E-state index in [4.69, 9.17) is 4.74 Å². The Balaban J connectivity index is 1.54. The van der Waals surface area contributed by atoms with Gasteiger partial charge in [0, 0.05) is 28.5 Å². The van der Waals surface area contributed by atoms with E-state index in [1.165, 1.54) is 0 Å². The molecular formula is C33H31N3O4. The van der Waals surface area contributed by atoms with Gasteiger partial charge in [0.1, 0.15) is 23.3 Å². The van der Waals surface area contributed by atoms with Crippen LogP contribution in [-0.4, -0.2) is 41.7 Å². The number of rotatable bonds is 5. The number of amides is 2. The van der Waals surface area contributed by atoms with Crippen LogP contribution in [0.2, 0.25) is 0 Å². The highest BCUT2D eigenvalue weighted by Crippen LogP contribution is 2.68. The molecule has 0 aromatic heterocycles. The topological polar surface area (TPSA) is 87.7 Å². The van der Waals surface area contributed by atoms with Crippen molar-refractivity contribution in [3.05, 3.63) is 101 Å². The number of carbonyl (C=O) groups excluding carboxylic acids is 3. The molecule has 2 fully saturated rings. The molecule has 0 bridgehead atoms. The van der Waals surface area contributed by atoms with Crippen LogP contribution in [-0.2, 0) is 20.5 Å². The van der Waals surface area contributed by atoms with E-state index in [9.17, 15) is 14.4 Å². The molecule has 2 saturated heterocycles. The van der Waals surface area contributed by atoms with Crippen LogP contribution in [0.3, 0.4) is 0 Å². The second-order valence-electron chi connectivity index (χ2n) is 11.3. The van der Waals surface area contributed by atoms with Crippen molar-refractivity contribution in [1.29, 1.82) is 0 Å². The lowest BCUT2D eigenvalue weighted by atomic mass is 9.57. The van der Waals surface area contributed by atoms with Crippen molar-refractivity contribution in [2.75, 3.05) is 23.8 Å². The van der Waals surface area contributed by atoms with Crippen molar-refractivity contribution >= 4 is 29.0 Å². The zero-order valence-corrected chi connectivity index (χ0v) is 22.6. The number of ketones is 1. The largest absolute Gasteiger partial charge is 0.490 e. The van der Waals surface area contributed by atoms with Crippen molar-refractivity contribution in [3.8, 4) is 5.75 Å². The predicted molar refractivity (Wildman–Crippen MR) is 153 cm³/mol. The lowest BCUT2D eigenvalue weighted by Gasteiger charge is -2.43. The average Bonchev–Trinajstić information content (AvgIpc) is 3.66. The second kappa shape index (κ2) is 8.63. The molecule has 4 aliphatic heterocycles. The molecule has 0 radical (unpaired) electrons. The van der Waals surface area contributed by atoms with Gasteiger partial charge >= 0.3 is 0 Å². The van der Waals surface area contributed by atoms with E-state index in [1.54, 1.807) is 30.3 Å². The first-order valence-corrected chi connectivity index (χ1v) is 13.8. The van der Waals surface area contributed by atoms with Gasteiger partial charge in [0.25, 0.3) is 5.91 Å². The van der Waals surface area contributed by atoms with Crippen molar-refractivity contribution in [2.24, 2.45) is 5.92 Å². The second-order valence-corrected chi connectivity index (χ2v) is 11.3. The van der Waals surface area contributed by atoms with Gasteiger partial charge in [-0.25, -0.2) is 0 Å². The molecule has 0 saturated carbocycles. The predicted octanol–water partition coefficient (Wildman–Crippen LogP) is 4.88. The number of carbonyl (C=O) groups is 3. The number of hydrogen-bond donors (Lipinski definition) is 2. The maximum atomic E-state index is 14.8. The molecule has 2 spiro atoms.